The van der Waals surface area contributed by atoms with Crippen LogP contribution in [0.3, 0.4) is 0 Å². The average molecular weight is 398 g/mol. The number of hydrogen-bond acceptors (Lipinski definition) is 5. The highest BCUT2D eigenvalue weighted by Crippen LogP contribution is 2.23. The van der Waals surface area contributed by atoms with Crippen LogP contribution < -0.4 is 4.74 Å². The molecule has 0 saturated carbocycles. The number of ether oxygens (including phenoxy) is 1. The van der Waals surface area contributed by atoms with Crippen LogP contribution in [0.1, 0.15) is 51.1 Å². The van der Waals surface area contributed by atoms with Crippen molar-refractivity contribution in [2.75, 3.05) is 39.3 Å². The second kappa shape index (κ2) is 10.3. The molecule has 2 aromatic rings. The predicted molar refractivity (Wildman–Crippen MR) is 116 cm³/mol. The highest BCUT2D eigenvalue weighted by Gasteiger charge is 2.19. The van der Waals surface area contributed by atoms with Gasteiger partial charge in [-0.15, -0.1) is 0 Å². The Kier molecular flexibility index (Phi) is 7.23. The van der Waals surface area contributed by atoms with Gasteiger partial charge in [-0.25, -0.2) is 4.98 Å². The highest BCUT2D eigenvalue weighted by molar-refractivity contribution is 5.54. The fourth-order valence-electron chi connectivity index (χ4n) is 4.49. The smallest absolute Gasteiger partial charge is 0.226 e. The van der Waals surface area contributed by atoms with Crippen molar-refractivity contribution in [3.05, 3.63) is 36.2 Å². The molecular formula is C24H35N3O2. The predicted octanol–water partition coefficient (Wildman–Crippen LogP) is 4.62. The van der Waals surface area contributed by atoms with Crippen molar-refractivity contribution >= 4 is 0 Å². The van der Waals surface area contributed by atoms with Gasteiger partial charge in [-0.1, -0.05) is 6.42 Å². The number of oxazole rings is 1. The van der Waals surface area contributed by atoms with Crippen LogP contribution in [0.5, 0.6) is 5.75 Å². The van der Waals surface area contributed by atoms with E-state index in [1.807, 2.05) is 30.5 Å². The molecular weight excluding hydrogens is 362 g/mol. The minimum atomic E-state index is 0.702. The minimum absolute atomic E-state index is 0.702. The van der Waals surface area contributed by atoms with Crippen LogP contribution in [0.4, 0.5) is 0 Å². The molecule has 0 N–H and O–H groups in total. The SMILES string of the molecule is CC1CCCN1CCCOc1ccc(-c2nc(CCN3CCCCC3)co2)cc1. The largest absolute Gasteiger partial charge is 0.494 e. The van der Waals surface area contributed by atoms with E-state index in [4.69, 9.17) is 9.15 Å². The lowest BCUT2D eigenvalue weighted by Crippen LogP contribution is -2.31. The molecule has 2 fully saturated rings. The Labute approximate surface area is 175 Å². The minimum Gasteiger partial charge on any atom is -0.494 e. The summed E-state index contributed by atoms with van der Waals surface area (Å²) in [4.78, 5) is 9.78. The van der Waals surface area contributed by atoms with Crippen LogP contribution in [-0.4, -0.2) is 60.2 Å². The zero-order valence-corrected chi connectivity index (χ0v) is 17.8. The molecule has 1 atom stereocenters. The first-order valence-electron chi connectivity index (χ1n) is 11.4. The summed E-state index contributed by atoms with van der Waals surface area (Å²) in [5, 5.41) is 0. The summed E-state index contributed by atoms with van der Waals surface area (Å²) >= 11 is 0. The Balaban J connectivity index is 1.21. The molecule has 4 rings (SSSR count). The van der Waals surface area contributed by atoms with E-state index in [0.717, 1.165) is 55.6 Å². The summed E-state index contributed by atoms with van der Waals surface area (Å²) < 4.78 is 11.6. The van der Waals surface area contributed by atoms with Crippen molar-refractivity contribution in [1.29, 1.82) is 0 Å². The van der Waals surface area contributed by atoms with E-state index >= 15 is 0 Å². The Morgan fingerprint density at radius 3 is 2.62 bits per heavy atom. The maximum Gasteiger partial charge on any atom is 0.226 e. The van der Waals surface area contributed by atoms with Crippen molar-refractivity contribution in [3.8, 4) is 17.2 Å². The van der Waals surface area contributed by atoms with Gasteiger partial charge in [0.15, 0.2) is 0 Å². The maximum absolute atomic E-state index is 5.92. The van der Waals surface area contributed by atoms with Crippen LogP contribution in [0.25, 0.3) is 11.5 Å². The van der Waals surface area contributed by atoms with Crippen LogP contribution in [0.15, 0.2) is 34.9 Å². The van der Waals surface area contributed by atoms with Gasteiger partial charge < -0.3 is 19.0 Å². The van der Waals surface area contributed by atoms with E-state index in [2.05, 4.69) is 21.7 Å². The van der Waals surface area contributed by atoms with Gasteiger partial charge in [0.25, 0.3) is 0 Å². The molecule has 0 amide bonds. The normalized spacial score (nSPS) is 20.9. The van der Waals surface area contributed by atoms with Gasteiger partial charge in [0.05, 0.1) is 12.3 Å². The third kappa shape index (κ3) is 5.83. The van der Waals surface area contributed by atoms with Gasteiger partial charge in [0.1, 0.15) is 12.0 Å². The summed E-state index contributed by atoms with van der Waals surface area (Å²) in [6.45, 7) is 9.00. The summed E-state index contributed by atoms with van der Waals surface area (Å²) in [5.74, 6) is 1.62. The molecule has 0 aliphatic carbocycles. The van der Waals surface area contributed by atoms with Crippen LogP contribution in [0.2, 0.25) is 0 Å². The van der Waals surface area contributed by atoms with E-state index in [0.29, 0.717) is 5.89 Å². The summed E-state index contributed by atoms with van der Waals surface area (Å²) in [7, 11) is 0. The lowest BCUT2D eigenvalue weighted by Gasteiger charge is -2.25. The van der Waals surface area contributed by atoms with Crippen LogP contribution in [-0.2, 0) is 6.42 Å². The number of hydrogen-bond donors (Lipinski definition) is 0. The molecule has 5 heteroatoms. The fraction of sp³-hybridized carbons (Fsp3) is 0.625. The summed E-state index contributed by atoms with van der Waals surface area (Å²) in [5.41, 5.74) is 2.05. The Morgan fingerprint density at radius 2 is 1.86 bits per heavy atom. The zero-order chi connectivity index (χ0) is 19.9. The molecule has 0 bridgehead atoms. The van der Waals surface area contributed by atoms with Gasteiger partial charge in [-0.3, -0.25) is 0 Å². The molecule has 5 nitrogen and oxygen atoms in total. The van der Waals surface area contributed by atoms with Gasteiger partial charge in [0.2, 0.25) is 5.89 Å². The number of aromatic nitrogens is 1. The summed E-state index contributed by atoms with van der Waals surface area (Å²) in [6, 6.07) is 8.85. The van der Waals surface area contributed by atoms with Crippen molar-refractivity contribution in [2.45, 2.75) is 57.9 Å². The lowest BCUT2D eigenvalue weighted by molar-refractivity contribution is 0.230. The van der Waals surface area contributed by atoms with Crippen LogP contribution in [0, 0.1) is 0 Å². The summed E-state index contributed by atoms with van der Waals surface area (Å²) in [6.07, 6.45) is 10.6. The number of benzene rings is 1. The molecule has 29 heavy (non-hydrogen) atoms. The van der Waals surface area contributed by atoms with Crippen molar-refractivity contribution in [3.63, 3.8) is 0 Å². The maximum atomic E-state index is 5.92. The molecule has 1 unspecified atom stereocenters. The van der Waals surface area contributed by atoms with Crippen LogP contribution >= 0.6 is 0 Å². The Morgan fingerprint density at radius 1 is 1.03 bits per heavy atom. The van der Waals surface area contributed by atoms with Gasteiger partial charge >= 0.3 is 0 Å². The molecule has 3 heterocycles. The number of nitrogens with zero attached hydrogens (tertiary/aromatic N) is 3. The van der Waals surface area contributed by atoms with E-state index in [-0.39, 0.29) is 0 Å². The van der Waals surface area contributed by atoms with Crippen molar-refractivity contribution < 1.29 is 9.15 Å². The van der Waals surface area contributed by atoms with Gasteiger partial charge in [-0.2, -0.15) is 0 Å². The topological polar surface area (TPSA) is 41.7 Å². The first kappa shape index (κ1) is 20.4. The first-order chi connectivity index (χ1) is 14.3. The standard InChI is InChI=1S/C24H35N3O2/c1-20-7-5-15-27(20)16-6-18-28-23-10-8-21(9-11-23)24-25-22(19-29-24)12-17-26-13-3-2-4-14-26/h8-11,19-20H,2-7,12-18H2,1H3. The molecule has 0 spiro atoms. The second-order valence-corrected chi connectivity index (χ2v) is 8.55. The third-order valence-corrected chi connectivity index (χ3v) is 6.33. The van der Waals surface area contributed by atoms with Crippen molar-refractivity contribution in [1.82, 2.24) is 14.8 Å². The monoisotopic (exact) mass is 397 g/mol. The van der Waals surface area contributed by atoms with E-state index in [9.17, 15) is 0 Å². The first-order valence-corrected chi connectivity index (χ1v) is 11.4. The molecule has 2 saturated heterocycles. The number of likely N-dealkylation sites (tertiary alicyclic amines) is 2. The van der Waals surface area contributed by atoms with Crippen molar-refractivity contribution in [2.24, 2.45) is 0 Å². The Bertz CT molecular complexity index is 737. The number of rotatable bonds is 9. The highest BCUT2D eigenvalue weighted by atomic mass is 16.5. The Hall–Kier alpha value is -1.85. The molecule has 0 radical (unpaired) electrons. The number of piperidine rings is 1. The zero-order valence-electron chi connectivity index (χ0n) is 17.8. The fourth-order valence-corrected chi connectivity index (χ4v) is 4.49. The van der Waals surface area contributed by atoms with E-state index in [1.54, 1.807) is 0 Å². The molecule has 2 aliphatic heterocycles. The average Bonchev–Trinajstić information content (AvgIpc) is 3.40. The lowest BCUT2D eigenvalue weighted by atomic mass is 10.1. The van der Waals surface area contributed by atoms with E-state index in [1.165, 1.54) is 51.7 Å². The molecule has 2 aliphatic rings. The quantitative estimate of drug-likeness (QED) is 0.578. The van der Waals surface area contributed by atoms with Gasteiger partial charge in [-0.05, 0) is 82.9 Å². The third-order valence-electron chi connectivity index (χ3n) is 6.33. The second-order valence-electron chi connectivity index (χ2n) is 8.55. The van der Waals surface area contributed by atoms with E-state index < -0.39 is 0 Å². The van der Waals surface area contributed by atoms with Gasteiger partial charge in [0, 0.05) is 31.1 Å². The molecule has 158 valence electrons. The molecule has 1 aromatic heterocycles. The molecule has 1 aromatic carbocycles.